The molecular weight excluding hydrogens is 552 g/mol. The van der Waals surface area contributed by atoms with Crippen LogP contribution in [0.3, 0.4) is 0 Å². The summed E-state index contributed by atoms with van der Waals surface area (Å²) < 4.78 is 86.8. The molecule has 2 aliphatic rings. The number of imidazole rings is 1. The zero-order valence-corrected chi connectivity index (χ0v) is 21.4. The summed E-state index contributed by atoms with van der Waals surface area (Å²) >= 11 is 0. The van der Waals surface area contributed by atoms with Crippen molar-refractivity contribution >= 4 is 23.0 Å². The predicted molar refractivity (Wildman–Crippen MR) is 138 cm³/mol. The molecule has 8 nitrogen and oxygen atoms in total. The molecule has 0 radical (unpaired) electrons. The van der Waals surface area contributed by atoms with Gasteiger partial charge in [0.15, 0.2) is 11.7 Å². The Bertz CT molecular complexity index is 1550. The van der Waals surface area contributed by atoms with Crippen molar-refractivity contribution < 1.29 is 31.4 Å². The van der Waals surface area contributed by atoms with Gasteiger partial charge in [0.05, 0.1) is 42.5 Å². The van der Waals surface area contributed by atoms with Crippen LogP contribution in [0, 0.1) is 11.6 Å². The Kier molecular flexibility index (Phi) is 6.88. The smallest absolute Gasteiger partial charge is 0.391 e. The van der Waals surface area contributed by atoms with Crippen molar-refractivity contribution in [3.63, 3.8) is 0 Å². The fourth-order valence-corrected chi connectivity index (χ4v) is 5.42. The topological polar surface area (TPSA) is 81.8 Å². The molecule has 3 aromatic heterocycles. The molecule has 2 aliphatic heterocycles. The number of aliphatic hydroxyl groups excluding tert-OH is 1. The van der Waals surface area contributed by atoms with Gasteiger partial charge in [-0.25, -0.2) is 18.2 Å². The van der Waals surface area contributed by atoms with E-state index in [9.17, 15) is 31.4 Å². The van der Waals surface area contributed by atoms with E-state index in [0.717, 1.165) is 22.7 Å². The molecule has 41 heavy (non-hydrogen) atoms. The van der Waals surface area contributed by atoms with Gasteiger partial charge in [-0.05, 0) is 48.9 Å². The normalized spacial score (nSPS) is 22.1. The van der Waals surface area contributed by atoms with Crippen LogP contribution in [0.15, 0.2) is 54.9 Å². The third-order valence-electron chi connectivity index (χ3n) is 7.42. The van der Waals surface area contributed by atoms with Crippen molar-refractivity contribution in [3.05, 3.63) is 77.8 Å². The third-order valence-corrected chi connectivity index (χ3v) is 7.42. The molecule has 1 aromatic carbocycles. The summed E-state index contributed by atoms with van der Waals surface area (Å²) in [4.78, 5) is 11.5. The summed E-state index contributed by atoms with van der Waals surface area (Å²) in [7, 11) is 0. The molecule has 0 aliphatic carbocycles. The first-order chi connectivity index (χ1) is 19.6. The van der Waals surface area contributed by atoms with E-state index in [1.165, 1.54) is 41.6 Å². The Balaban J connectivity index is 1.30. The molecular formula is C27H25F6N7O. The Hall–Kier alpha value is -4.07. The van der Waals surface area contributed by atoms with E-state index < -0.39 is 42.2 Å². The number of halogens is 6. The van der Waals surface area contributed by atoms with E-state index >= 15 is 0 Å². The van der Waals surface area contributed by atoms with E-state index in [1.807, 2.05) is 4.90 Å². The van der Waals surface area contributed by atoms with Crippen LogP contribution in [0.5, 0.6) is 0 Å². The number of rotatable bonds is 6. The molecule has 2 N–H and O–H groups in total. The highest BCUT2D eigenvalue weighted by Crippen LogP contribution is 2.39. The van der Waals surface area contributed by atoms with Gasteiger partial charge < -0.3 is 20.2 Å². The second-order valence-electron chi connectivity index (χ2n) is 10.2. The lowest BCUT2D eigenvalue weighted by Crippen LogP contribution is -2.30. The number of β-amino-alcohol motifs (C(OH)–C–C–N with tert-alkyl or cyclic N) is 1. The largest absolute Gasteiger partial charge is 0.414 e. The molecule has 2 saturated heterocycles. The number of aromatic nitrogens is 4. The number of anilines is 3. The minimum absolute atomic E-state index is 0.0360. The Morgan fingerprint density at radius 3 is 2.54 bits per heavy atom. The number of fused-ring (bicyclic) bond motifs is 1. The molecule has 2 fully saturated rings. The molecule has 14 heteroatoms. The quantitative estimate of drug-likeness (QED) is 0.313. The SMILES string of the molecule is OC1CCN(c2ccc(C(Nc3cnc4ccc(N5CC(F)C[C@@H]5c5cc(F)ccc5F)nn34)C(F)(F)F)nc2)C1. The summed E-state index contributed by atoms with van der Waals surface area (Å²) in [6.45, 7) is 0.794. The minimum Gasteiger partial charge on any atom is -0.391 e. The first-order valence-electron chi connectivity index (χ1n) is 13.0. The second kappa shape index (κ2) is 10.4. The highest BCUT2D eigenvalue weighted by atomic mass is 19.4. The molecule has 0 saturated carbocycles. The average molecular weight is 578 g/mol. The number of hydrogen-bond donors (Lipinski definition) is 2. The highest BCUT2D eigenvalue weighted by Gasteiger charge is 2.43. The van der Waals surface area contributed by atoms with Crippen molar-refractivity contribution in [2.24, 2.45) is 0 Å². The van der Waals surface area contributed by atoms with E-state index in [2.05, 4.69) is 20.4 Å². The molecule has 0 bridgehead atoms. The van der Waals surface area contributed by atoms with Gasteiger partial charge in [-0.2, -0.15) is 17.7 Å². The van der Waals surface area contributed by atoms with Gasteiger partial charge in [0, 0.05) is 25.1 Å². The van der Waals surface area contributed by atoms with Gasteiger partial charge in [-0.3, -0.25) is 4.98 Å². The van der Waals surface area contributed by atoms with Gasteiger partial charge >= 0.3 is 6.18 Å². The zero-order valence-electron chi connectivity index (χ0n) is 21.4. The Morgan fingerprint density at radius 2 is 1.83 bits per heavy atom. The molecule has 4 atom stereocenters. The van der Waals surface area contributed by atoms with Gasteiger partial charge in [0.2, 0.25) is 0 Å². The van der Waals surface area contributed by atoms with Crippen LogP contribution in [-0.4, -0.2) is 62.8 Å². The summed E-state index contributed by atoms with van der Waals surface area (Å²) in [5.41, 5.74) is 0.505. The lowest BCUT2D eigenvalue weighted by Gasteiger charge is -2.26. The number of benzene rings is 1. The molecule has 6 rings (SSSR count). The number of aliphatic hydroxyl groups is 1. The van der Waals surface area contributed by atoms with Gasteiger partial charge in [0.1, 0.15) is 29.4 Å². The summed E-state index contributed by atoms with van der Waals surface area (Å²) in [6, 6.07) is 5.67. The summed E-state index contributed by atoms with van der Waals surface area (Å²) in [5.74, 6) is -1.31. The zero-order chi connectivity index (χ0) is 28.9. The minimum atomic E-state index is -4.74. The third kappa shape index (κ3) is 5.35. The van der Waals surface area contributed by atoms with E-state index in [4.69, 9.17) is 0 Å². The van der Waals surface area contributed by atoms with Gasteiger partial charge in [0.25, 0.3) is 0 Å². The first kappa shape index (κ1) is 27.1. The van der Waals surface area contributed by atoms with Crippen LogP contribution in [0.1, 0.15) is 36.2 Å². The summed E-state index contributed by atoms with van der Waals surface area (Å²) in [5, 5.41) is 16.6. The molecule has 216 valence electrons. The Labute approximate surface area is 230 Å². The summed E-state index contributed by atoms with van der Waals surface area (Å²) in [6.07, 6.45) is -3.60. The van der Waals surface area contributed by atoms with Crippen LogP contribution in [-0.2, 0) is 0 Å². The van der Waals surface area contributed by atoms with Crippen molar-refractivity contribution in [2.75, 3.05) is 34.8 Å². The van der Waals surface area contributed by atoms with Crippen molar-refractivity contribution in [2.45, 2.75) is 43.4 Å². The molecule has 0 amide bonds. The monoisotopic (exact) mass is 577 g/mol. The molecule has 3 unspecified atom stereocenters. The fourth-order valence-electron chi connectivity index (χ4n) is 5.42. The van der Waals surface area contributed by atoms with Crippen LogP contribution >= 0.6 is 0 Å². The van der Waals surface area contributed by atoms with E-state index in [0.29, 0.717) is 25.2 Å². The first-order valence-corrected chi connectivity index (χ1v) is 13.0. The average Bonchev–Trinajstić information content (AvgIpc) is 3.66. The maximum Gasteiger partial charge on any atom is 0.414 e. The van der Waals surface area contributed by atoms with Crippen LogP contribution in [0.2, 0.25) is 0 Å². The lowest BCUT2D eigenvalue weighted by molar-refractivity contribution is -0.144. The molecule has 5 heterocycles. The van der Waals surface area contributed by atoms with E-state index in [1.54, 1.807) is 0 Å². The number of nitrogens with zero attached hydrogens (tertiary/aromatic N) is 6. The second-order valence-corrected chi connectivity index (χ2v) is 10.2. The van der Waals surface area contributed by atoms with E-state index in [-0.39, 0.29) is 41.5 Å². The van der Waals surface area contributed by atoms with Gasteiger partial charge in [-0.15, -0.1) is 5.10 Å². The molecule has 0 spiro atoms. The maximum absolute atomic E-state index is 14.6. The van der Waals surface area contributed by atoms with Gasteiger partial charge in [-0.1, -0.05) is 0 Å². The van der Waals surface area contributed by atoms with Crippen LogP contribution in [0.4, 0.5) is 43.7 Å². The van der Waals surface area contributed by atoms with Crippen molar-refractivity contribution in [1.82, 2.24) is 19.6 Å². The number of nitrogens with one attached hydrogen (secondary N) is 1. The standard InChI is InChI=1S/C27H25F6N7O/c28-15-1-3-20(30)19(9-15)22-10-16(29)13-39(22)24-6-5-23-35-12-25(40(23)37-24)36-26(27(31,32)33)21-4-2-17(11-34-21)38-8-7-18(41)14-38/h1-6,9,11-12,16,18,22,26,36,41H,7-8,10,13-14H2/t16?,18?,22-,26?/m1/s1. The number of pyridine rings is 1. The molecule has 4 aromatic rings. The van der Waals surface area contributed by atoms with Crippen LogP contribution < -0.4 is 15.1 Å². The Morgan fingerprint density at radius 1 is 1.00 bits per heavy atom. The number of alkyl halides is 4. The van der Waals surface area contributed by atoms with Crippen molar-refractivity contribution in [3.8, 4) is 0 Å². The fraction of sp³-hybridized carbons (Fsp3) is 0.370. The van der Waals surface area contributed by atoms with Crippen LogP contribution in [0.25, 0.3) is 5.65 Å². The number of hydrogen-bond acceptors (Lipinski definition) is 7. The maximum atomic E-state index is 14.6. The predicted octanol–water partition coefficient (Wildman–Crippen LogP) is 4.98. The highest BCUT2D eigenvalue weighted by molar-refractivity contribution is 5.55. The van der Waals surface area contributed by atoms with Crippen molar-refractivity contribution in [1.29, 1.82) is 0 Å². The lowest BCUT2D eigenvalue weighted by atomic mass is 10.0.